The van der Waals surface area contributed by atoms with Crippen LogP contribution in [-0.2, 0) is 4.79 Å². The van der Waals surface area contributed by atoms with E-state index in [1.165, 1.54) is 37.8 Å². The van der Waals surface area contributed by atoms with Gasteiger partial charge in [0.05, 0.1) is 17.1 Å². The van der Waals surface area contributed by atoms with E-state index in [-0.39, 0.29) is 17.6 Å². The van der Waals surface area contributed by atoms with Crippen LogP contribution in [0.15, 0.2) is 77.2 Å². The van der Waals surface area contributed by atoms with E-state index in [9.17, 15) is 14.4 Å². The third-order valence-corrected chi connectivity index (χ3v) is 7.29. The van der Waals surface area contributed by atoms with Crippen LogP contribution < -0.4 is 21.6 Å². The third kappa shape index (κ3) is 5.68. The molecule has 3 N–H and O–H groups in total. The van der Waals surface area contributed by atoms with Crippen molar-refractivity contribution in [2.45, 2.75) is 6.92 Å². The lowest BCUT2D eigenvalue weighted by atomic mass is 10.2. The Labute approximate surface area is 245 Å². The molecular weight excluding hydrogens is 554 g/mol. The summed E-state index contributed by atoms with van der Waals surface area (Å²) in [5, 5.41) is 5.13. The lowest BCUT2D eigenvalue weighted by Gasteiger charge is -2.16. The number of fused-ring (bicyclic) bond motifs is 1. The first-order valence-corrected chi connectivity index (χ1v) is 13.8. The Morgan fingerprint density at radius 2 is 1.81 bits per heavy atom. The van der Waals surface area contributed by atoms with Crippen molar-refractivity contribution >= 4 is 51.0 Å². The molecule has 2 amide bonds. The van der Waals surface area contributed by atoms with Crippen molar-refractivity contribution in [2.75, 3.05) is 43.6 Å². The van der Waals surface area contributed by atoms with E-state index in [0.717, 1.165) is 5.69 Å². The van der Waals surface area contributed by atoms with Crippen molar-refractivity contribution in [3.05, 3.63) is 94.1 Å². The maximum atomic E-state index is 13.9. The molecule has 0 radical (unpaired) electrons. The molecule has 42 heavy (non-hydrogen) atoms. The molecule has 0 aliphatic heterocycles. The van der Waals surface area contributed by atoms with Crippen molar-refractivity contribution in [3.8, 4) is 11.4 Å². The monoisotopic (exact) mass is 583 g/mol. The van der Waals surface area contributed by atoms with Crippen LogP contribution in [-0.4, -0.2) is 68.5 Å². The normalized spacial score (nSPS) is 11.5. The molecule has 0 bridgehead atoms. The summed E-state index contributed by atoms with van der Waals surface area (Å²) in [6, 6.07) is 13.6. The van der Waals surface area contributed by atoms with Gasteiger partial charge in [-0.1, -0.05) is 12.1 Å². The van der Waals surface area contributed by atoms with Crippen LogP contribution in [0.25, 0.3) is 22.5 Å². The second kappa shape index (κ2) is 11.8. The summed E-state index contributed by atoms with van der Waals surface area (Å²) in [5.74, 6) is -0.406. The van der Waals surface area contributed by atoms with Crippen molar-refractivity contribution in [3.63, 3.8) is 0 Å². The zero-order chi connectivity index (χ0) is 30.0. The van der Waals surface area contributed by atoms with E-state index in [0.29, 0.717) is 45.5 Å². The van der Waals surface area contributed by atoms with Gasteiger partial charge < -0.3 is 15.5 Å². The number of nitrogens with two attached hydrogens (primary N) is 1. The van der Waals surface area contributed by atoms with Gasteiger partial charge in [0.15, 0.2) is 16.6 Å². The number of carbonyl (C=O) groups excluding carboxylic acids is 2. The summed E-state index contributed by atoms with van der Waals surface area (Å²) in [6.07, 6.45) is 4.59. The van der Waals surface area contributed by atoms with E-state index in [1.54, 1.807) is 61.7 Å². The molecule has 12 nitrogen and oxygen atoms in total. The van der Waals surface area contributed by atoms with Gasteiger partial charge in [-0.2, -0.15) is 0 Å². The second-order valence-corrected chi connectivity index (χ2v) is 10.6. The number of amides is 2. The number of thiazole rings is 1. The van der Waals surface area contributed by atoms with Crippen LogP contribution in [0.1, 0.15) is 16.1 Å². The van der Waals surface area contributed by atoms with Gasteiger partial charge in [-0.3, -0.25) is 19.5 Å². The van der Waals surface area contributed by atoms with Gasteiger partial charge in [0.25, 0.3) is 5.91 Å². The molecule has 3 heterocycles. The molecule has 0 saturated heterocycles. The number of aryl methyl sites for hydroxylation is 1. The number of benzene rings is 2. The number of nitrogens with one attached hydrogen (secondary N) is 1. The first-order valence-electron chi connectivity index (χ1n) is 12.9. The fourth-order valence-corrected chi connectivity index (χ4v) is 4.99. The van der Waals surface area contributed by atoms with E-state index in [2.05, 4.69) is 20.3 Å². The highest BCUT2D eigenvalue weighted by Crippen LogP contribution is 2.25. The molecule has 0 fully saturated rings. The van der Waals surface area contributed by atoms with E-state index in [4.69, 9.17) is 5.73 Å². The highest BCUT2D eigenvalue weighted by atomic mass is 32.1. The Morgan fingerprint density at radius 1 is 1.05 bits per heavy atom. The van der Waals surface area contributed by atoms with Crippen LogP contribution in [0.5, 0.6) is 0 Å². The fraction of sp³-hybridized carbons (Fsp3) is 0.172. The summed E-state index contributed by atoms with van der Waals surface area (Å²) >= 11 is 1.34. The smallest absolute Gasteiger partial charge is 0.339 e. The highest BCUT2D eigenvalue weighted by Gasteiger charge is 2.21. The van der Waals surface area contributed by atoms with E-state index >= 15 is 0 Å². The number of anilines is 3. The number of likely N-dealkylation sites (N-methyl/N-ethyl adjacent to an activating group) is 2. The predicted molar refractivity (Wildman–Crippen MR) is 165 cm³/mol. The quantitative estimate of drug-likeness (QED) is 0.265. The van der Waals surface area contributed by atoms with Gasteiger partial charge in [-0.05, 0) is 63.5 Å². The number of rotatable bonds is 8. The molecule has 0 unspecified atom stereocenters. The average molecular weight is 584 g/mol. The lowest BCUT2D eigenvalue weighted by molar-refractivity contribution is -0.113. The summed E-state index contributed by atoms with van der Waals surface area (Å²) in [5.41, 5.74) is 9.20. The average Bonchev–Trinajstić information content (AvgIpc) is 3.52. The van der Waals surface area contributed by atoms with Gasteiger partial charge in [-0.25, -0.2) is 24.3 Å². The fourth-order valence-electron chi connectivity index (χ4n) is 4.31. The van der Waals surface area contributed by atoms with Gasteiger partial charge in [0, 0.05) is 36.3 Å². The third-order valence-electron chi connectivity index (χ3n) is 6.41. The molecule has 0 aliphatic rings. The van der Waals surface area contributed by atoms with Crippen molar-refractivity contribution in [1.82, 2.24) is 29.0 Å². The Bertz CT molecular complexity index is 1870. The minimum Gasteiger partial charge on any atom is -0.382 e. The zero-order valence-electron chi connectivity index (χ0n) is 23.5. The van der Waals surface area contributed by atoms with Crippen LogP contribution in [0.3, 0.4) is 0 Å². The van der Waals surface area contributed by atoms with Crippen LogP contribution in [0.4, 0.5) is 16.6 Å². The number of imidazole rings is 1. The zero-order valence-corrected chi connectivity index (χ0v) is 24.3. The topological polar surface area (TPSA) is 144 Å². The Kier molecular flexibility index (Phi) is 7.95. The summed E-state index contributed by atoms with van der Waals surface area (Å²) in [4.78, 5) is 55.6. The Morgan fingerprint density at radius 3 is 2.50 bits per heavy atom. The minimum atomic E-state index is -0.440. The van der Waals surface area contributed by atoms with Crippen LogP contribution >= 0.6 is 11.3 Å². The maximum Gasteiger partial charge on any atom is 0.339 e. The standard InChI is InChI=1S/C29H29N9O3S/c1-18-16-42-28(33-18)34-27(40)19-10-12-20(13-11-19)37-24-25(30)31-17-32-26(24)38(29(37)41)22-8-5-7-21(15-22)36(4)23(39)9-6-14-35(2)3/h5-13,15-17H,14H2,1-4H3,(H2,30,31,32)(H,33,34,40)/b9-6+. The molecule has 214 valence electrons. The molecule has 0 atom stereocenters. The van der Waals surface area contributed by atoms with Gasteiger partial charge in [0.2, 0.25) is 5.91 Å². The van der Waals surface area contributed by atoms with Crippen LogP contribution in [0, 0.1) is 6.92 Å². The minimum absolute atomic E-state index is 0.117. The number of nitrogens with zero attached hydrogens (tertiary/aromatic N) is 7. The van der Waals surface area contributed by atoms with E-state index in [1.807, 2.05) is 31.3 Å². The molecule has 3 aromatic heterocycles. The first-order chi connectivity index (χ1) is 20.1. The van der Waals surface area contributed by atoms with Gasteiger partial charge in [-0.15, -0.1) is 11.3 Å². The number of aromatic nitrogens is 5. The molecule has 0 spiro atoms. The molecule has 0 saturated carbocycles. The first kappa shape index (κ1) is 28.4. The highest BCUT2D eigenvalue weighted by molar-refractivity contribution is 7.13. The molecule has 5 rings (SSSR count). The van der Waals surface area contributed by atoms with E-state index < -0.39 is 5.69 Å². The summed E-state index contributed by atoms with van der Waals surface area (Å²) in [6.45, 7) is 2.48. The largest absolute Gasteiger partial charge is 0.382 e. The maximum absolute atomic E-state index is 13.9. The van der Waals surface area contributed by atoms with Crippen molar-refractivity contribution in [1.29, 1.82) is 0 Å². The number of hydrogen-bond acceptors (Lipinski definition) is 9. The molecule has 2 aromatic carbocycles. The number of carbonyl (C=O) groups is 2. The molecule has 0 aliphatic carbocycles. The SMILES string of the molecule is Cc1csc(NC(=O)c2ccc(-n3c(=O)n(-c4cccc(N(C)C(=O)/C=C/CN(C)C)c4)c4ncnc(N)c43)cc2)n1. The predicted octanol–water partition coefficient (Wildman–Crippen LogP) is 3.25. The summed E-state index contributed by atoms with van der Waals surface area (Å²) < 4.78 is 2.82. The molecular formula is C29H29N9O3S. The van der Waals surface area contributed by atoms with Gasteiger partial charge in [0.1, 0.15) is 11.8 Å². The van der Waals surface area contributed by atoms with Crippen LogP contribution in [0.2, 0.25) is 0 Å². The Hall–Kier alpha value is -5.14. The van der Waals surface area contributed by atoms with Crippen molar-refractivity contribution in [2.24, 2.45) is 0 Å². The number of hydrogen-bond donors (Lipinski definition) is 2. The van der Waals surface area contributed by atoms with Crippen molar-refractivity contribution < 1.29 is 9.59 Å². The molecule has 5 aromatic rings. The molecule has 13 heteroatoms. The summed E-state index contributed by atoms with van der Waals surface area (Å²) in [7, 11) is 5.51. The van der Waals surface area contributed by atoms with Gasteiger partial charge >= 0.3 is 5.69 Å². The lowest BCUT2D eigenvalue weighted by Crippen LogP contribution is -2.25. The Balaban J connectivity index is 1.52. The number of nitrogen functional groups attached to an aromatic ring is 1. The second-order valence-electron chi connectivity index (χ2n) is 9.76.